The number of carboxylic acids is 1. The van der Waals surface area contributed by atoms with Crippen molar-refractivity contribution in [2.75, 3.05) is 6.54 Å². The van der Waals surface area contributed by atoms with Crippen LogP contribution in [0.25, 0.3) is 0 Å². The fraction of sp³-hybridized carbons (Fsp3) is 0.333. The van der Waals surface area contributed by atoms with Crippen LogP contribution in [-0.2, 0) is 15.1 Å². The lowest BCUT2D eigenvalue weighted by Crippen LogP contribution is -2.50. The number of carbonyl (C=O) groups excluding carboxylic acids is 1. The molecule has 3 aromatic carbocycles. The first-order chi connectivity index (χ1) is 17.4. The second-order valence-electron chi connectivity index (χ2n) is 9.44. The summed E-state index contributed by atoms with van der Waals surface area (Å²) in [6, 6.07) is 29.4. The molecule has 3 aromatic rings. The molecule has 0 aliphatic carbocycles. The molecule has 0 bridgehead atoms. The zero-order valence-electron chi connectivity index (χ0n) is 21.1. The molecule has 0 fully saturated rings. The van der Waals surface area contributed by atoms with Crippen molar-refractivity contribution in [2.24, 2.45) is 11.7 Å². The van der Waals surface area contributed by atoms with Gasteiger partial charge in [0.15, 0.2) is 0 Å². The Morgan fingerprint density at radius 1 is 0.806 bits per heavy atom. The topological polar surface area (TPSA) is 104 Å². The highest BCUT2D eigenvalue weighted by atomic mass is 16.4. The first-order valence-corrected chi connectivity index (χ1v) is 12.6. The normalized spacial score (nSPS) is 13.2. The van der Waals surface area contributed by atoms with Crippen molar-refractivity contribution in [3.05, 3.63) is 108 Å². The van der Waals surface area contributed by atoms with Crippen LogP contribution in [0, 0.1) is 5.92 Å². The van der Waals surface area contributed by atoms with Crippen molar-refractivity contribution in [3.8, 4) is 0 Å². The summed E-state index contributed by atoms with van der Waals surface area (Å²) in [5.74, 6) is -1.53. The van der Waals surface area contributed by atoms with Gasteiger partial charge in [-0.05, 0) is 48.4 Å². The van der Waals surface area contributed by atoms with Crippen LogP contribution in [0.1, 0.15) is 49.8 Å². The Morgan fingerprint density at radius 3 is 1.64 bits per heavy atom. The van der Waals surface area contributed by atoms with Gasteiger partial charge in [0.05, 0.1) is 11.6 Å². The predicted octanol–water partition coefficient (Wildman–Crippen LogP) is 4.29. The lowest BCUT2D eigenvalue weighted by Gasteiger charge is -2.37. The number of hydrogen-bond acceptors (Lipinski definition) is 4. The SMILES string of the molecule is CC(C)[C@H](N)C(=O)N[C@@H](CCCCNC(c1ccccc1)(c1ccccc1)c1ccccc1)C(=O)O. The van der Waals surface area contributed by atoms with Gasteiger partial charge in [-0.15, -0.1) is 0 Å². The molecule has 6 heteroatoms. The monoisotopic (exact) mass is 487 g/mol. The molecule has 0 aromatic heterocycles. The summed E-state index contributed by atoms with van der Waals surface area (Å²) in [7, 11) is 0. The van der Waals surface area contributed by atoms with E-state index < -0.39 is 29.5 Å². The maximum absolute atomic E-state index is 12.3. The highest BCUT2D eigenvalue weighted by Crippen LogP contribution is 2.36. The van der Waals surface area contributed by atoms with E-state index in [1.165, 1.54) is 0 Å². The summed E-state index contributed by atoms with van der Waals surface area (Å²) in [4.78, 5) is 24.0. The Kier molecular flexibility index (Phi) is 9.79. The zero-order valence-corrected chi connectivity index (χ0v) is 21.1. The van der Waals surface area contributed by atoms with Crippen LogP contribution in [-0.4, -0.2) is 35.6 Å². The molecule has 0 aliphatic heterocycles. The minimum absolute atomic E-state index is 0.0641. The number of benzene rings is 3. The number of hydrogen-bond donors (Lipinski definition) is 4. The van der Waals surface area contributed by atoms with Gasteiger partial charge in [0.2, 0.25) is 5.91 Å². The van der Waals surface area contributed by atoms with Crippen LogP contribution in [0.2, 0.25) is 0 Å². The zero-order chi connectivity index (χ0) is 26.0. The number of carboxylic acid groups (broad SMARTS) is 1. The second kappa shape index (κ2) is 13.0. The molecule has 1 amide bonds. The minimum Gasteiger partial charge on any atom is -0.480 e. The molecule has 5 N–H and O–H groups in total. The van der Waals surface area contributed by atoms with Gasteiger partial charge in [-0.2, -0.15) is 0 Å². The van der Waals surface area contributed by atoms with Crippen molar-refractivity contribution in [2.45, 2.75) is 50.7 Å². The smallest absolute Gasteiger partial charge is 0.326 e. The summed E-state index contributed by atoms with van der Waals surface area (Å²) in [5, 5.41) is 16.0. The first kappa shape index (κ1) is 27.1. The highest BCUT2D eigenvalue weighted by Gasteiger charge is 2.35. The summed E-state index contributed by atoms with van der Waals surface area (Å²) in [6.45, 7) is 4.33. The molecule has 0 unspecified atom stereocenters. The molecule has 0 spiro atoms. The van der Waals surface area contributed by atoms with Gasteiger partial charge < -0.3 is 16.2 Å². The highest BCUT2D eigenvalue weighted by molar-refractivity contribution is 5.86. The number of amides is 1. The van der Waals surface area contributed by atoms with Crippen LogP contribution in [0.5, 0.6) is 0 Å². The fourth-order valence-corrected chi connectivity index (χ4v) is 4.45. The fourth-order valence-electron chi connectivity index (χ4n) is 4.45. The number of rotatable bonds is 13. The third-order valence-electron chi connectivity index (χ3n) is 6.57. The first-order valence-electron chi connectivity index (χ1n) is 12.6. The van der Waals surface area contributed by atoms with E-state index in [2.05, 4.69) is 47.0 Å². The second-order valence-corrected chi connectivity index (χ2v) is 9.44. The minimum atomic E-state index is -1.04. The number of aliphatic carboxylic acids is 1. The molecule has 2 atom stereocenters. The van der Waals surface area contributed by atoms with Crippen LogP contribution >= 0.6 is 0 Å². The van der Waals surface area contributed by atoms with Gasteiger partial charge in [0.25, 0.3) is 0 Å². The number of nitrogens with two attached hydrogens (primary N) is 1. The van der Waals surface area contributed by atoms with Gasteiger partial charge in [-0.1, -0.05) is 105 Å². The average molecular weight is 488 g/mol. The van der Waals surface area contributed by atoms with Crippen molar-refractivity contribution in [1.29, 1.82) is 0 Å². The molecule has 0 heterocycles. The third kappa shape index (κ3) is 6.59. The van der Waals surface area contributed by atoms with E-state index in [-0.39, 0.29) is 5.92 Å². The summed E-state index contributed by atoms with van der Waals surface area (Å²) in [6.07, 6.45) is 1.71. The molecule has 0 saturated heterocycles. The molecule has 190 valence electrons. The predicted molar refractivity (Wildman–Crippen MR) is 143 cm³/mol. The van der Waals surface area contributed by atoms with Crippen LogP contribution in [0.3, 0.4) is 0 Å². The molecular formula is C30H37N3O3. The molecule has 36 heavy (non-hydrogen) atoms. The number of nitrogens with one attached hydrogen (secondary N) is 2. The van der Waals surface area contributed by atoms with Crippen LogP contribution in [0.15, 0.2) is 91.0 Å². The Balaban J connectivity index is 1.76. The van der Waals surface area contributed by atoms with Gasteiger partial charge in [0.1, 0.15) is 6.04 Å². The Morgan fingerprint density at radius 2 is 1.25 bits per heavy atom. The van der Waals surface area contributed by atoms with Gasteiger partial charge in [0, 0.05) is 0 Å². The van der Waals surface area contributed by atoms with E-state index >= 15 is 0 Å². The summed E-state index contributed by atoms with van der Waals surface area (Å²) >= 11 is 0. The largest absolute Gasteiger partial charge is 0.480 e. The van der Waals surface area contributed by atoms with Crippen molar-refractivity contribution in [3.63, 3.8) is 0 Å². The quantitative estimate of drug-likeness (QED) is 0.213. The summed E-state index contributed by atoms with van der Waals surface area (Å²) < 4.78 is 0. The maximum Gasteiger partial charge on any atom is 0.326 e. The maximum atomic E-state index is 12.3. The number of carbonyl (C=O) groups is 2. The van der Waals surface area contributed by atoms with E-state index in [4.69, 9.17) is 5.73 Å². The van der Waals surface area contributed by atoms with Gasteiger partial charge in [-0.3, -0.25) is 10.1 Å². The van der Waals surface area contributed by atoms with Gasteiger partial charge in [-0.25, -0.2) is 4.79 Å². The lowest BCUT2D eigenvalue weighted by atomic mass is 9.77. The molecule has 0 aliphatic rings. The van der Waals surface area contributed by atoms with E-state index in [0.717, 1.165) is 23.1 Å². The molecule has 0 radical (unpaired) electrons. The van der Waals surface area contributed by atoms with Gasteiger partial charge >= 0.3 is 5.97 Å². The van der Waals surface area contributed by atoms with Crippen molar-refractivity contribution >= 4 is 11.9 Å². The van der Waals surface area contributed by atoms with Crippen molar-refractivity contribution < 1.29 is 14.7 Å². The van der Waals surface area contributed by atoms with E-state index in [9.17, 15) is 14.7 Å². The van der Waals surface area contributed by atoms with Crippen LogP contribution in [0.4, 0.5) is 0 Å². The van der Waals surface area contributed by atoms with E-state index in [1.807, 2.05) is 68.4 Å². The Bertz CT molecular complexity index is 992. The molecule has 6 nitrogen and oxygen atoms in total. The van der Waals surface area contributed by atoms with Crippen molar-refractivity contribution in [1.82, 2.24) is 10.6 Å². The molecule has 3 rings (SSSR count). The van der Waals surface area contributed by atoms with E-state index in [0.29, 0.717) is 19.4 Å². The molecule has 0 saturated carbocycles. The van der Waals surface area contributed by atoms with Crippen LogP contribution < -0.4 is 16.4 Å². The third-order valence-corrected chi connectivity index (χ3v) is 6.57. The summed E-state index contributed by atoms with van der Waals surface area (Å²) in [5.41, 5.74) is 8.70. The average Bonchev–Trinajstić information content (AvgIpc) is 2.91. The Hall–Kier alpha value is -3.48. The lowest BCUT2D eigenvalue weighted by molar-refractivity contribution is -0.142. The molecular weight excluding hydrogens is 450 g/mol. The van der Waals surface area contributed by atoms with E-state index in [1.54, 1.807) is 0 Å². The standard InChI is InChI=1S/C30H37N3O3/c1-22(2)27(31)28(34)33-26(29(35)36)20-12-13-21-32-30(23-14-6-3-7-15-23,24-16-8-4-9-17-24)25-18-10-5-11-19-25/h3-11,14-19,22,26-27,32H,12-13,20-21,31H2,1-2H3,(H,33,34)(H,35,36)/t26-,27-/m0/s1. The Labute approximate surface area is 213 Å². The number of unbranched alkanes of at least 4 members (excludes halogenated alkanes) is 1.